The third-order valence-electron chi connectivity index (χ3n) is 6.04. The van der Waals surface area contributed by atoms with Gasteiger partial charge in [0.2, 0.25) is 0 Å². The van der Waals surface area contributed by atoms with Gasteiger partial charge in [-0.25, -0.2) is 0 Å². The number of aryl methyl sites for hydroxylation is 1. The van der Waals surface area contributed by atoms with E-state index >= 15 is 0 Å². The molecule has 6 aromatic carbocycles. The van der Waals surface area contributed by atoms with Gasteiger partial charge in [0.05, 0.1) is 0 Å². The first-order valence-electron chi connectivity index (χ1n) is 9.57. The lowest BCUT2D eigenvalue weighted by molar-refractivity contribution is 1.53. The summed E-state index contributed by atoms with van der Waals surface area (Å²) < 4.78 is 1.15. The zero-order chi connectivity index (χ0) is 18.8. The molecule has 0 saturated carbocycles. The van der Waals surface area contributed by atoms with Crippen LogP contribution in [0.5, 0.6) is 0 Å². The summed E-state index contributed by atoms with van der Waals surface area (Å²) in [6.45, 7) is 2.19. The van der Waals surface area contributed by atoms with Crippen molar-refractivity contribution in [2.45, 2.75) is 6.92 Å². The summed E-state index contributed by atoms with van der Waals surface area (Å²) in [6, 6.07) is 31.2. The van der Waals surface area contributed by atoms with E-state index < -0.39 is 0 Å². The molecule has 0 N–H and O–H groups in total. The van der Waals surface area contributed by atoms with E-state index in [1.807, 2.05) is 0 Å². The van der Waals surface area contributed by atoms with Crippen LogP contribution in [0.2, 0.25) is 0 Å². The molecule has 6 aromatic rings. The Hall–Kier alpha value is -2.90. The third kappa shape index (κ3) is 2.11. The number of rotatable bonds is 1. The van der Waals surface area contributed by atoms with Crippen LogP contribution in [0, 0.1) is 6.92 Å². The second-order valence-electron chi connectivity index (χ2n) is 7.56. The maximum absolute atomic E-state index is 3.75. The second kappa shape index (κ2) is 5.80. The van der Waals surface area contributed by atoms with Crippen molar-refractivity contribution < 1.29 is 0 Å². The molecular weight excluding hydrogens is 404 g/mol. The molecule has 0 atom stereocenters. The van der Waals surface area contributed by atoms with Gasteiger partial charge in [0, 0.05) is 4.47 Å². The first-order chi connectivity index (χ1) is 13.7. The van der Waals surface area contributed by atoms with Gasteiger partial charge in [-0.1, -0.05) is 94.8 Å². The Morgan fingerprint density at radius 3 is 1.89 bits per heavy atom. The Labute approximate surface area is 171 Å². The van der Waals surface area contributed by atoms with Gasteiger partial charge in [-0.15, -0.1) is 0 Å². The quantitative estimate of drug-likeness (QED) is 0.234. The highest BCUT2D eigenvalue weighted by Gasteiger charge is 2.14. The van der Waals surface area contributed by atoms with E-state index in [-0.39, 0.29) is 0 Å². The Bertz CT molecular complexity index is 1520. The molecule has 0 bridgehead atoms. The first kappa shape index (κ1) is 16.1. The summed E-state index contributed by atoms with van der Waals surface area (Å²) in [5.74, 6) is 0. The molecule has 0 aliphatic carbocycles. The topological polar surface area (TPSA) is 0 Å². The van der Waals surface area contributed by atoms with Crippen molar-refractivity contribution in [3.8, 4) is 11.1 Å². The summed E-state index contributed by atoms with van der Waals surface area (Å²) in [5, 5.41) is 10.5. The van der Waals surface area contributed by atoms with Crippen molar-refractivity contribution in [2.75, 3.05) is 0 Å². The van der Waals surface area contributed by atoms with Crippen LogP contribution in [0.1, 0.15) is 5.56 Å². The molecule has 0 saturated heterocycles. The van der Waals surface area contributed by atoms with E-state index in [0.29, 0.717) is 0 Å². The minimum Gasteiger partial charge on any atom is -0.0616 e. The van der Waals surface area contributed by atoms with Gasteiger partial charge in [0.1, 0.15) is 0 Å². The fourth-order valence-electron chi connectivity index (χ4n) is 4.68. The fraction of sp³-hybridized carbons (Fsp3) is 0.0370. The van der Waals surface area contributed by atoms with Crippen LogP contribution in [0.15, 0.2) is 89.4 Å². The predicted molar refractivity (Wildman–Crippen MR) is 126 cm³/mol. The largest absolute Gasteiger partial charge is 0.0616 e. The number of hydrogen-bond donors (Lipinski definition) is 0. The number of hydrogen-bond acceptors (Lipinski definition) is 0. The summed E-state index contributed by atoms with van der Waals surface area (Å²) in [6.07, 6.45) is 0. The van der Waals surface area contributed by atoms with Crippen molar-refractivity contribution in [3.05, 3.63) is 95.0 Å². The molecule has 6 rings (SSSR count). The number of benzene rings is 6. The molecule has 0 spiro atoms. The smallest absolute Gasteiger partial charge is 0.0254 e. The highest BCUT2D eigenvalue weighted by atomic mass is 79.9. The van der Waals surface area contributed by atoms with Crippen LogP contribution >= 0.6 is 15.9 Å². The molecule has 28 heavy (non-hydrogen) atoms. The molecule has 0 heterocycles. The summed E-state index contributed by atoms with van der Waals surface area (Å²) in [5.41, 5.74) is 3.93. The summed E-state index contributed by atoms with van der Waals surface area (Å²) >= 11 is 3.75. The molecule has 0 radical (unpaired) electrons. The monoisotopic (exact) mass is 420 g/mol. The van der Waals surface area contributed by atoms with E-state index in [9.17, 15) is 0 Å². The van der Waals surface area contributed by atoms with Gasteiger partial charge in [0.25, 0.3) is 0 Å². The lowest BCUT2D eigenvalue weighted by Crippen LogP contribution is -1.89. The van der Waals surface area contributed by atoms with E-state index in [2.05, 4.69) is 108 Å². The van der Waals surface area contributed by atoms with Gasteiger partial charge in [-0.2, -0.15) is 0 Å². The molecule has 0 amide bonds. The Kier molecular flexibility index (Phi) is 3.33. The highest BCUT2D eigenvalue weighted by molar-refractivity contribution is 9.10. The molecular formula is C27H17Br. The first-order valence-corrected chi connectivity index (χ1v) is 10.4. The van der Waals surface area contributed by atoms with Gasteiger partial charge in [-0.05, 0) is 72.8 Å². The van der Waals surface area contributed by atoms with E-state index in [0.717, 1.165) is 4.47 Å². The number of fused-ring (bicyclic) bond motifs is 1. The van der Waals surface area contributed by atoms with Gasteiger partial charge in [0.15, 0.2) is 0 Å². The van der Waals surface area contributed by atoms with E-state index in [1.165, 1.54) is 59.8 Å². The average molecular weight is 421 g/mol. The Balaban J connectivity index is 1.81. The standard InChI is InChI=1S/C27H17Br/c1-16-6-11-21(20-5-3-2-4-19(16)20)22-12-7-17-9-14-24-25(28)15-10-18-8-13-23(22)26(17)27(18)24/h2-15H,1H3. The van der Waals surface area contributed by atoms with Gasteiger partial charge < -0.3 is 0 Å². The lowest BCUT2D eigenvalue weighted by Gasteiger charge is -2.16. The Morgan fingerprint density at radius 1 is 0.500 bits per heavy atom. The van der Waals surface area contributed by atoms with Crippen molar-refractivity contribution in [1.82, 2.24) is 0 Å². The third-order valence-corrected chi connectivity index (χ3v) is 6.74. The fourth-order valence-corrected chi connectivity index (χ4v) is 5.15. The maximum Gasteiger partial charge on any atom is 0.0254 e. The minimum absolute atomic E-state index is 1.15. The van der Waals surface area contributed by atoms with E-state index in [4.69, 9.17) is 0 Å². The van der Waals surface area contributed by atoms with Crippen molar-refractivity contribution >= 4 is 59.0 Å². The van der Waals surface area contributed by atoms with Crippen LogP contribution < -0.4 is 0 Å². The summed E-state index contributed by atoms with van der Waals surface area (Å²) in [4.78, 5) is 0. The zero-order valence-electron chi connectivity index (χ0n) is 15.5. The van der Waals surface area contributed by atoms with Gasteiger partial charge in [-0.3, -0.25) is 0 Å². The van der Waals surface area contributed by atoms with Crippen LogP contribution in [0.25, 0.3) is 54.2 Å². The molecule has 0 aromatic heterocycles. The van der Waals surface area contributed by atoms with Crippen LogP contribution in [0.3, 0.4) is 0 Å². The molecule has 0 aliphatic heterocycles. The lowest BCUT2D eigenvalue weighted by atomic mass is 9.88. The van der Waals surface area contributed by atoms with Crippen molar-refractivity contribution in [2.24, 2.45) is 0 Å². The van der Waals surface area contributed by atoms with Crippen LogP contribution in [0.4, 0.5) is 0 Å². The number of halogens is 1. The van der Waals surface area contributed by atoms with E-state index in [1.54, 1.807) is 0 Å². The molecule has 0 unspecified atom stereocenters. The summed E-state index contributed by atoms with van der Waals surface area (Å²) in [7, 11) is 0. The average Bonchev–Trinajstić information content (AvgIpc) is 2.74. The normalized spacial score (nSPS) is 11.9. The molecule has 0 nitrogen and oxygen atoms in total. The zero-order valence-corrected chi connectivity index (χ0v) is 17.0. The second-order valence-corrected chi connectivity index (χ2v) is 8.41. The Morgan fingerprint density at radius 2 is 1.07 bits per heavy atom. The van der Waals surface area contributed by atoms with Gasteiger partial charge >= 0.3 is 0 Å². The highest BCUT2D eigenvalue weighted by Crippen LogP contribution is 2.42. The van der Waals surface area contributed by atoms with Crippen LogP contribution in [-0.4, -0.2) is 0 Å². The molecule has 0 fully saturated rings. The van der Waals surface area contributed by atoms with Crippen LogP contribution in [-0.2, 0) is 0 Å². The predicted octanol–water partition coefficient (Wildman–Crippen LogP) is 8.48. The maximum atomic E-state index is 3.75. The van der Waals surface area contributed by atoms with Crippen molar-refractivity contribution in [3.63, 3.8) is 0 Å². The van der Waals surface area contributed by atoms with Crippen molar-refractivity contribution in [1.29, 1.82) is 0 Å². The molecule has 0 aliphatic rings. The SMILES string of the molecule is Cc1ccc(-c2ccc3ccc4c(Br)ccc5ccc2c3c54)c2ccccc12. The molecule has 1 heteroatoms. The molecule has 132 valence electrons. The minimum atomic E-state index is 1.15.